The SMILES string of the molecule is O=S(=O)(N[C@H]1CCC[C@@H](n2cnnc2)C1)c1cc(-c2cccc(OC(F)(F)F)c2)cc(C(F)(F)F)c1. The van der Waals surface area contributed by atoms with Crippen LogP contribution in [0, 0.1) is 0 Å². The minimum Gasteiger partial charge on any atom is -0.406 e. The van der Waals surface area contributed by atoms with E-state index in [-0.39, 0.29) is 17.2 Å². The monoisotopic (exact) mass is 534 g/mol. The first kappa shape index (κ1) is 25.9. The second-order valence-corrected chi connectivity index (χ2v) is 10.1. The Morgan fingerprint density at radius 3 is 2.33 bits per heavy atom. The van der Waals surface area contributed by atoms with Crippen LogP contribution in [0.4, 0.5) is 26.3 Å². The maximum absolute atomic E-state index is 13.6. The van der Waals surface area contributed by atoms with Gasteiger partial charge in [0.1, 0.15) is 18.4 Å². The summed E-state index contributed by atoms with van der Waals surface area (Å²) in [5, 5.41) is 7.48. The van der Waals surface area contributed by atoms with Crippen LogP contribution < -0.4 is 9.46 Å². The normalized spacial score (nSPS) is 19.3. The van der Waals surface area contributed by atoms with E-state index in [1.807, 2.05) is 0 Å². The Labute approximate surface area is 202 Å². The van der Waals surface area contributed by atoms with Crippen molar-refractivity contribution in [2.45, 2.75) is 55.2 Å². The first-order valence-corrected chi connectivity index (χ1v) is 12.2. The lowest BCUT2D eigenvalue weighted by Crippen LogP contribution is -2.38. The molecule has 14 heteroatoms. The second-order valence-electron chi connectivity index (χ2n) is 8.37. The van der Waals surface area contributed by atoms with E-state index in [0.29, 0.717) is 31.4 Å². The number of benzene rings is 2. The molecule has 2 aromatic carbocycles. The van der Waals surface area contributed by atoms with E-state index in [1.54, 1.807) is 4.57 Å². The molecule has 0 saturated heterocycles. The van der Waals surface area contributed by atoms with Crippen LogP contribution in [0.15, 0.2) is 60.0 Å². The van der Waals surface area contributed by atoms with Crippen LogP contribution in [0.2, 0.25) is 0 Å². The molecule has 1 aromatic heterocycles. The van der Waals surface area contributed by atoms with Crippen molar-refractivity contribution in [3.8, 4) is 16.9 Å². The fraction of sp³-hybridized carbons (Fsp3) is 0.364. The minimum atomic E-state index is -5.00. The van der Waals surface area contributed by atoms with Gasteiger partial charge in [0.15, 0.2) is 0 Å². The van der Waals surface area contributed by atoms with E-state index >= 15 is 0 Å². The third-order valence-corrected chi connectivity index (χ3v) is 7.27. The molecule has 3 aromatic rings. The van der Waals surface area contributed by atoms with Gasteiger partial charge in [-0.15, -0.1) is 23.4 Å². The van der Waals surface area contributed by atoms with Crippen molar-refractivity contribution in [2.75, 3.05) is 0 Å². The number of halogens is 6. The van der Waals surface area contributed by atoms with E-state index in [4.69, 9.17) is 0 Å². The zero-order chi connectivity index (χ0) is 26.1. The molecular weight excluding hydrogens is 514 g/mol. The molecule has 2 atom stereocenters. The van der Waals surface area contributed by atoms with E-state index in [9.17, 15) is 34.8 Å². The topological polar surface area (TPSA) is 86.1 Å². The number of aromatic nitrogens is 3. The largest absolute Gasteiger partial charge is 0.573 e. The van der Waals surface area contributed by atoms with Crippen LogP contribution in [0.3, 0.4) is 0 Å². The van der Waals surface area contributed by atoms with Gasteiger partial charge in [0.05, 0.1) is 10.5 Å². The molecule has 0 spiro atoms. The first-order chi connectivity index (χ1) is 16.8. The summed E-state index contributed by atoms with van der Waals surface area (Å²) >= 11 is 0. The van der Waals surface area contributed by atoms with Gasteiger partial charge >= 0.3 is 12.5 Å². The van der Waals surface area contributed by atoms with Gasteiger partial charge in [-0.2, -0.15) is 13.2 Å². The van der Waals surface area contributed by atoms with Crippen molar-refractivity contribution in [2.24, 2.45) is 0 Å². The summed E-state index contributed by atoms with van der Waals surface area (Å²) in [5.41, 5.74) is -1.57. The number of hydrogen-bond acceptors (Lipinski definition) is 5. The van der Waals surface area contributed by atoms with E-state index in [2.05, 4.69) is 19.7 Å². The van der Waals surface area contributed by atoms with Gasteiger partial charge in [0, 0.05) is 12.1 Å². The Bertz CT molecular complexity index is 1310. The van der Waals surface area contributed by atoms with Gasteiger partial charge in [-0.25, -0.2) is 13.1 Å². The Morgan fingerprint density at radius 2 is 1.67 bits per heavy atom. The maximum Gasteiger partial charge on any atom is 0.573 e. The summed E-state index contributed by atoms with van der Waals surface area (Å²) in [6.07, 6.45) is -4.56. The van der Waals surface area contributed by atoms with Gasteiger partial charge in [0.2, 0.25) is 10.0 Å². The highest BCUT2D eigenvalue weighted by molar-refractivity contribution is 7.89. The van der Waals surface area contributed by atoms with Crippen LogP contribution >= 0.6 is 0 Å². The number of rotatable bonds is 6. The first-order valence-electron chi connectivity index (χ1n) is 10.7. The molecule has 0 bridgehead atoms. The van der Waals surface area contributed by atoms with Gasteiger partial charge in [-0.1, -0.05) is 12.1 Å². The Morgan fingerprint density at radius 1 is 0.944 bits per heavy atom. The minimum absolute atomic E-state index is 0.0742. The average molecular weight is 534 g/mol. The zero-order valence-electron chi connectivity index (χ0n) is 18.4. The number of alkyl halides is 6. The molecule has 194 valence electrons. The summed E-state index contributed by atoms with van der Waals surface area (Å²) in [5.74, 6) is -0.651. The number of nitrogens with one attached hydrogen (secondary N) is 1. The molecule has 1 fully saturated rings. The van der Waals surface area contributed by atoms with Gasteiger partial charge in [-0.05, 0) is 67.1 Å². The van der Waals surface area contributed by atoms with Crippen LogP contribution in [-0.4, -0.2) is 35.6 Å². The Kier molecular flexibility index (Phi) is 7.01. The van der Waals surface area contributed by atoms with Crippen molar-refractivity contribution in [3.05, 3.63) is 60.7 Å². The molecule has 1 aliphatic rings. The summed E-state index contributed by atoms with van der Waals surface area (Å²) in [7, 11) is -4.41. The van der Waals surface area contributed by atoms with Crippen LogP contribution in [0.25, 0.3) is 11.1 Å². The number of nitrogens with zero attached hydrogens (tertiary/aromatic N) is 3. The highest BCUT2D eigenvalue weighted by Crippen LogP contribution is 2.36. The van der Waals surface area contributed by atoms with Crippen molar-refractivity contribution in [1.82, 2.24) is 19.5 Å². The van der Waals surface area contributed by atoms with E-state index in [1.165, 1.54) is 18.7 Å². The third kappa shape index (κ3) is 6.35. The summed E-state index contributed by atoms with van der Waals surface area (Å²) in [6.45, 7) is 0. The molecule has 36 heavy (non-hydrogen) atoms. The number of hydrogen-bond donors (Lipinski definition) is 1. The van der Waals surface area contributed by atoms with Crippen LogP contribution in [0.1, 0.15) is 37.3 Å². The van der Waals surface area contributed by atoms with Gasteiger partial charge in [0.25, 0.3) is 0 Å². The van der Waals surface area contributed by atoms with Crippen molar-refractivity contribution in [3.63, 3.8) is 0 Å². The van der Waals surface area contributed by atoms with Crippen molar-refractivity contribution in [1.29, 1.82) is 0 Å². The highest BCUT2D eigenvalue weighted by Gasteiger charge is 2.34. The summed E-state index contributed by atoms with van der Waals surface area (Å²) < 4.78 is 113. The van der Waals surface area contributed by atoms with Crippen molar-refractivity contribution < 1.29 is 39.5 Å². The fourth-order valence-electron chi connectivity index (χ4n) is 4.18. The lowest BCUT2D eigenvalue weighted by Gasteiger charge is -2.30. The molecule has 0 amide bonds. The van der Waals surface area contributed by atoms with Gasteiger partial charge in [-0.3, -0.25) is 0 Å². The number of ether oxygens (including phenoxy) is 1. The zero-order valence-corrected chi connectivity index (χ0v) is 19.2. The quantitative estimate of drug-likeness (QED) is 0.433. The third-order valence-electron chi connectivity index (χ3n) is 5.77. The van der Waals surface area contributed by atoms with Crippen molar-refractivity contribution >= 4 is 10.0 Å². The second kappa shape index (κ2) is 9.73. The summed E-state index contributed by atoms with van der Waals surface area (Å²) in [4.78, 5) is -0.652. The molecule has 1 saturated carbocycles. The molecule has 4 rings (SSSR count). The lowest BCUT2D eigenvalue weighted by molar-refractivity contribution is -0.274. The van der Waals surface area contributed by atoms with E-state index < -0.39 is 44.8 Å². The highest BCUT2D eigenvalue weighted by atomic mass is 32.2. The number of sulfonamides is 1. The Hall–Kier alpha value is -3.13. The predicted octanol–water partition coefficient (Wildman–Crippen LogP) is 5.32. The molecular formula is C22H20F6N4O3S. The van der Waals surface area contributed by atoms with E-state index in [0.717, 1.165) is 30.7 Å². The maximum atomic E-state index is 13.6. The standard InChI is InChI=1S/C22H20F6N4O3S/c23-21(24,25)16-7-15(14-3-1-6-19(8-14)35-22(26,27)28)9-20(10-16)36(33,34)31-17-4-2-5-18(11-17)32-12-29-30-13-32/h1,3,6-10,12-13,17-18,31H,2,4-5,11H2/t17-,18+/m0/s1. The molecule has 1 aliphatic carbocycles. The molecule has 0 aliphatic heterocycles. The van der Waals surface area contributed by atoms with Crippen LogP contribution in [0.5, 0.6) is 5.75 Å². The lowest BCUT2D eigenvalue weighted by atomic mass is 9.91. The summed E-state index contributed by atoms with van der Waals surface area (Å²) in [6, 6.07) is 5.84. The molecule has 0 unspecified atom stereocenters. The predicted molar refractivity (Wildman–Crippen MR) is 115 cm³/mol. The molecule has 7 nitrogen and oxygen atoms in total. The van der Waals surface area contributed by atoms with Gasteiger partial charge < -0.3 is 9.30 Å². The fourth-order valence-corrected chi connectivity index (χ4v) is 5.54. The van der Waals surface area contributed by atoms with Crippen LogP contribution in [-0.2, 0) is 16.2 Å². The molecule has 1 N–H and O–H groups in total. The molecule has 0 radical (unpaired) electrons. The smallest absolute Gasteiger partial charge is 0.406 e. The molecule has 1 heterocycles. The Balaban J connectivity index is 1.66. The average Bonchev–Trinajstić information content (AvgIpc) is 3.32.